The number of H-pyrrole nitrogens is 1. The lowest BCUT2D eigenvalue weighted by Crippen LogP contribution is -1.99. The topological polar surface area (TPSA) is 89.7 Å². The monoisotopic (exact) mass is 263 g/mol. The second-order valence-corrected chi connectivity index (χ2v) is 3.67. The summed E-state index contributed by atoms with van der Waals surface area (Å²) in [5.41, 5.74) is 6.38. The van der Waals surface area contributed by atoms with E-state index in [9.17, 15) is 8.78 Å². The molecule has 0 aliphatic carbocycles. The molecule has 0 saturated carbocycles. The van der Waals surface area contributed by atoms with Gasteiger partial charge in [-0.25, -0.2) is 13.8 Å². The zero-order valence-electron chi connectivity index (χ0n) is 9.39. The highest BCUT2D eigenvalue weighted by molar-refractivity contribution is 5.81. The number of benzene rings is 1. The molecule has 3 aromatic rings. The number of imidazole rings is 1. The molecule has 0 unspecified atom stereocenters. The molecule has 3 N–H and O–H groups in total. The zero-order chi connectivity index (χ0) is 13.4. The molecular formula is C11H7F2N5O. The number of hydrogen-bond acceptors (Lipinski definition) is 5. The summed E-state index contributed by atoms with van der Waals surface area (Å²) in [5, 5.41) is 0. The smallest absolute Gasteiger partial charge is 0.326 e. The van der Waals surface area contributed by atoms with Gasteiger partial charge in [0.05, 0.1) is 6.33 Å². The Bertz CT molecular complexity index is 758. The lowest BCUT2D eigenvalue weighted by molar-refractivity contribution is 0.409. The van der Waals surface area contributed by atoms with E-state index in [0.29, 0.717) is 5.52 Å². The predicted molar refractivity (Wildman–Crippen MR) is 62.5 cm³/mol. The number of halogens is 2. The van der Waals surface area contributed by atoms with E-state index in [0.717, 1.165) is 18.2 Å². The highest BCUT2D eigenvalue weighted by Crippen LogP contribution is 2.25. The Kier molecular flexibility index (Phi) is 2.48. The Balaban J connectivity index is 2.03. The average molecular weight is 263 g/mol. The number of nitrogen functional groups attached to an aromatic ring is 1. The van der Waals surface area contributed by atoms with E-state index < -0.39 is 11.6 Å². The normalized spacial score (nSPS) is 10.8. The lowest BCUT2D eigenvalue weighted by Gasteiger charge is -2.05. The van der Waals surface area contributed by atoms with Crippen molar-refractivity contribution < 1.29 is 13.5 Å². The third-order valence-corrected chi connectivity index (χ3v) is 2.39. The molecule has 0 fully saturated rings. The molecule has 2 heterocycles. The van der Waals surface area contributed by atoms with Gasteiger partial charge in [0, 0.05) is 6.07 Å². The second-order valence-electron chi connectivity index (χ2n) is 3.67. The van der Waals surface area contributed by atoms with Gasteiger partial charge >= 0.3 is 6.01 Å². The number of ether oxygens (including phenoxy) is 1. The summed E-state index contributed by atoms with van der Waals surface area (Å²) in [6, 6.07) is 2.61. The van der Waals surface area contributed by atoms with Crippen LogP contribution in [0.5, 0.6) is 11.8 Å². The fourth-order valence-corrected chi connectivity index (χ4v) is 1.53. The summed E-state index contributed by atoms with van der Waals surface area (Å²) in [4.78, 5) is 14.4. The van der Waals surface area contributed by atoms with Crippen LogP contribution in [-0.4, -0.2) is 19.9 Å². The first-order chi connectivity index (χ1) is 9.13. The van der Waals surface area contributed by atoms with Gasteiger partial charge < -0.3 is 15.5 Å². The molecule has 0 bridgehead atoms. The van der Waals surface area contributed by atoms with Gasteiger partial charge in [-0.2, -0.15) is 9.97 Å². The van der Waals surface area contributed by atoms with Crippen molar-refractivity contribution in [2.45, 2.75) is 0 Å². The van der Waals surface area contributed by atoms with E-state index in [4.69, 9.17) is 10.5 Å². The third kappa shape index (κ3) is 2.03. The van der Waals surface area contributed by atoms with Gasteiger partial charge in [0.15, 0.2) is 23.0 Å². The van der Waals surface area contributed by atoms with Crippen molar-refractivity contribution in [1.82, 2.24) is 19.9 Å². The lowest BCUT2D eigenvalue weighted by atomic mass is 10.3. The van der Waals surface area contributed by atoms with Crippen LogP contribution in [0.2, 0.25) is 0 Å². The number of nitrogens with zero attached hydrogens (tertiary/aromatic N) is 3. The Morgan fingerprint density at radius 1 is 1.21 bits per heavy atom. The van der Waals surface area contributed by atoms with E-state index in [-0.39, 0.29) is 23.2 Å². The quantitative estimate of drug-likeness (QED) is 0.738. The van der Waals surface area contributed by atoms with Crippen LogP contribution >= 0.6 is 0 Å². The Hall–Kier alpha value is -2.77. The first-order valence-corrected chi connectivity index (χ1v) is 5.23. The molecule has 96 valence electrons. The minimum absolute atomic E-state index is 0.106. The minimum atomic E-state index is -0.731. The average Bonchev–Trinajstić information content (AvgIpc) is 2.82. The van der Waals surface area contributed by atoms with Crippen molar-refractivity contribution in [2.75, 3.05) is 5.73 Å². The molecule has 6 nitrogen and oxygen atoms in total. The van der Waals surface area contributed by atoms with Gasteiger partial charge in [-0.1, -0.05) is 0 Å². The van der Waals surface area contributed by atoms with Gasteiger partial charge in [-0.05, 0) is 12.1 Å². The van der Waals surface area contributed by atoms with Crippen molar-refractivity contribution in [3.8, 4) is 11.8 Å². The van der Waals surface area contributed by atoms with Crippen LogP contribution in [0.4, 0.5) is 14.6 Å². The van der Waals surface area contributed by atoms with Gasteiger partial charge in [0.2, 0.25) is 0 Å². The summed E-state index contributed by atoms with van der Waals surface area (Å²) in [7, 11) is 0. The third-order valence-electron chi connectivity index (χ3n) is 2.39. The maximum atomic E-state index is 13.4. The number of anilines is 1. The van der Waals surface area contributed by atoms with Crippen molar-refractivity contribution in [2.24, 2.45) is 0 Å². The van der Waals surface area contributed by atoms with Crippen LogP contribution in [-0.2, 0) is 0 Å². The summed E-state index contributed by atoms with van der Waals surface area (Å²) in [5.74, 6) is -1.58. The molecular weight excluding hydrogens is 256 g/mol. The number of hydrogen-bond donors (Lipinski definition) is 2. The second kappa shape index (κ2) is 4.16. The minimum Gasteiger partial charge on any atom is -0.421 e. The van der Waals surface area contributed by atoms with Crippen LogP contribution < -0.4 is 10.5 Å². The Labute approximate surface area is 105 Å². The fourth-order valence-electron chi connectivity index (χ4n) is 1.53. The van der Waals surface area contributed by atoms with Crippen LogP contribution in [0.3, 0.4) is 0 Å². The van der Waals surface area contributed by atoms with Crippen molar-refractivity contribution in [3.63, 3.8) is 0 Å². The Morgan fingerprint density at radius 3 is 2.89 bits per heavy atom. The molecule has 8 heteroatoms. The van der Waals surface area contributed by atoms with Crippen LogP contribution in [0.25, 0.3) is 11.2 Å². The van der Waals surface area contributed by atoms with Gasteiger partial charge in [-0.15, -0.1) is 0 Å². The number of aromatic nitrogens is 4. The summed E-state index contributed by atoms with van der Waals surface area (Å²) < 4.78 is 31.5. The van der Waals surface area contributed by atoms with E-state index in [2.05, 4.69) is 19.9 Å². The Morgan fingerprint density at radius 2 is 2.05 bits per heavy atom. The van der Waals surface area contributed by atoms with Gasteiger partial charge in [0.25, 0.3) is 0 Å². The van der Waals surface area contributed by atoms with E-state index in [1.807, 2.05) is 0 Å². The van der Waals surface area contributed by atoms with Crippen LogP contribution in [0.1, 0.15) is 0 Å². The number of fused-ring (bicyclic) bond motifs is 1. The molecule has 19 heavy (non-hydrogen) atoms. The van der Waals surface area contributed by atoms with Crippen molar-refractivity contribution in [3.05, 3.63) is 36.2 Å². The molecule has 0 aliphatic heterocycles. The fraction of sp³-hybridized carbons (Fsp3) is 0. The number of nitrogens with one attached hydrogen (secondary N) is 1. The van der Waals surface area contributed by atoms with Crippen molar-refractivity contribution in [1.29, 1.82) is 0 Å². The predicted octanol–water partition coefficient (Wildman–Crippen LogP) is 2.01. The molecule has 0 atom stereocenters. The summed E-state index contributed by atoms with van der Waals surface area (Å²) in [6.45, 7) is 0. The SMILES string of the molecule is Nc1nc(Oc2cc(F)ccc2F)nc2nc[nH]c12. The van der Waals surface area contributed by atoms with E-state index >= 15 is 0 Å². The van der Waals surface area contributed by atoms with E-state index in [1.165, 1.54) is 6.33 Å². The van der Waals surface area contributed by atoms with E-state index in [1.54, 1.807) is 0 Å². The van der Waals surface area contributed by atoms with Crippen LogP contribution in [0, 0.1) is 11.6 Å². The first-order valence-electron chi connectivity index (χ1n) is 5.23. The van der Waals surface area contributed by atoms with Gasteiger partial charge in [0.1, 0.15) is 11.3 Å². The standard InChI is InChI=1S/C11H7F2N5O/c12-5-1-2-6(13)7(3-5)19-11-17-9(14)8-10(18-11)16-4-15-8/h1-4H,(H3,14,15,16,17,18). The molecule has 0 spiro atoms. The van der Waals surface area contributed by atoms with Crippen molar-refractivity contribution >= 4 is 17.0 Å². The largest absolute Gasteiger partial charge is 0.421 e. The number of aromatic amines is 1. The number of rotatable bonds is 2. The number of nitrogens with two attached hydrogens (primary N) is 1. The molecule has 3 rings (SSSR count). The highest BCUT2D eigenvalue weighted by Gasteiger charge is 2.12. The molecule has 0 saturated heterocycles. The molecule has 0 radical (unpaired) electrons. The molecule has 2 aromatic heterocycles. The highest BCUT2D eigenvalue weighted by atomic mass is 19.1. The zero-order valence-corrected chi connectivity index (χ0v) is 9.39. The summed E-state index contributed by atoms with van der Waals surface area (Å²) >= 11 is 0. The first kappa shape index (κ1) is 11.3. The van der Waals surface area contributed by atoms with Gasteiger partial charge in [-0.3, -0.25) is 0 Å². The maximum absolute atomic E-state index is 13.4. The maximum Gasteiger partial charge on any atom is 0.326 e. The molecule has 0 amide bonds. The van der Waals surface area contributed by atoms with Crippen LogP contribution in [0.15, 0.2) is 24.5 Å². The summed E-state index contributed by atoms with van der Waals surface area (Å²) in [6.07, 6.45) is 1.39. The molecule has 1 aromatic carbocycles. The molecule has 0 aliphatic rings.